The SMILES string of the molecule is CC(=O)Oc1ccc(NC(=O)[C@H](C)Oc2ccccc2)c(C(=O)O)c1. The number of carbonyl (C=O) groups is 3. The molecule has 0 fully saturated rings. The van der Waals surface area contributed by atoms with E-state index in [4.69, 9.17) is 9.47 Å². The van der Waals surface area contributed by atoms with Crippen LogP contribution < -0.4 is 14.8 Å². The molecule has 0 bridgehead atoms. The summed E-state index contributed by atoms with van der Waals surface area (Å²) in [7, 11) is 0. The maximum absolute atomic E-state index is 12.2. The summed E-state index contributed by atoms with van der Waals surface area (Å²) in [6.45, 7) is 2.76. The van der Waals surface area contributed by atoms with Crippen molar-refractivity contribution >= 4 is 23.5 Å². The maximum Gasteiger partial charge on any atom is 0.337 e. The largest absolute Gasteiger partial charge is 0.481 e. The maximum atomic E-state index is 12.2. The zero-order valence-electron chi connectivity index (χ0n) is 13.7. The molecule has 1 atom stereocenters. The molecule has 0 saturated heterocycles. The number of anilines is 1. The smallest absolute Gasteiger partial charge is 0.337 e. The number of nitrogens with one attached hydrogen (secondary N) is 1. The molecule has 0 aliphatic rings. The van der Waals surface area contributed by atoms with Crippen LogP contribution in [-0.4, -0.2) is 29.1 Å². The molecular formula is C18H17NO6. The molecule has 1 amide bonds. The fourth-order valence-electron chi connectivity index (χ4n) is 2.03. The van der Waals surface area contributed by atoms with E-state index in [1.54, 1.807) is 31.2 Å². The summed E-state index contributed by atoms with van der Waals surface area (Å²) in [5.41, 5.74) is -0.115. The number of carbonyl (C=O) groups excluding carboxylic acids is 2. The minimum Gasteiger partial charge on any atom is -0.481 e. The lowest BCUT2D eigenvalue weighted by Crippen LogP contribution is -2.30. The molecule has 2 rings (SSSR count). The van der Waals surface area contributed by atoms with Gasteiger partial charge in [-0.05, 0) is 37.3 Å². The molecule has 0 heterocycles. The minimum absolute atomic E-state index is 0.0801. The quantitative estimate of drug-likeness (QED) is 0.618. The van der Waals surface area contributed by atoms with Crippen LogP contribution in [0.25, 0.3) is 0 Å². The number of esters is 1. The molecule has 7 nitrogen and oxygen atoms in total. The van der Waals surface area contributed by atoms with E-state index in [-0.39, 0.29) is 17.0 Å². The second-order valence-electron chi connectivity index (χ2n) is 5.17. The molecule has 0 aliphatic carbocycles. The first-order valence-electron chi connectivity index (χ1n) is 7.45. The zero-order chi connectivity index (χ0) is 18.4. The summed E-state index contributed by atoms with van der Waals surface area (Å²) in [6.07, 6.45) is -0.836. The zero-order valence-corrected chi connectivity index (χ0v) is 13.7. The third-order valence-electron chi connectivity index (χ3n) is 3.17. The van der Waals surface area contributed by atoms with Crippen molar-refractivity contribution in [1.29, 1.82) is 0 Å². The summed E-state index contributed by atoms with van der Waals surface area (Å²) in [5, 5.41) is 11.8. The van der Waals surface area contributed by atoms with Crippen LogP contribution in [0.15, 0.2) is 48.5 Å². The van der Waals surface area contributed by atoms with Gasteiger partial charge in [-0.25, -0.2) is 4.79 Å². The average molecular weight is 343 g/mol. The van der Waals surface area contributed by atoms with Gasteiger partial charge >= 0.3 is 11.9 Å². The highest BCUT2D eigenvalue weighted by Crippen LogP contribution is 2.23. The van der Waals surface area contributed by atoms with Crippen LogP contribution >= 0.6 is 0 Å². The van der Waals surface area contributed by atoms with E-state index in [1.165, 1.54) is 25.1 Å². The highest BCUT2D eigenvalue weighted by molar-refractivity contribution is 6.02. The first-order chi connectivity index (χ1) is 11.9. The van der Waals surface area contributed by atoms with Gasteiger partial charge in [-0.15, -0.1) is 0 Å². The average Bonchev–Trinajstić information content (AvgIpc) is 2.56. The number of carboxylic acids is 1. The highest BCUT2D eigenvalue weighted by Gasteiger charge is 2.19. The number of ether oxygens (including phenoxy) is 2. The number of benzene rings is 2. The second kappa shape index (κ2) is 7.96. The summed E-state index contributed by atoms with van der Waals surface area (Å²) in [6, 6.07) is 12.7. The Labute approximate surface area is 144 Å². The van der Waals surface area contributed by atoms with Crippen molar-refractivity contribution in [2.45, 2.75) is 20.0 Å². The number of hydrogen-bond acceptors (Lipinski definition) is 5. The lowest BCUT2D eigenvalue weighted by atomic mass is 10.1. The molecule has 0 radical (unpaired) electrons. The Morgan fingerprint density at radius 3 is 2.32 bits per heavy atom. The van der Waals surface area contributed by atoms with Crippen molar-refractivity contribution < 1.29 is 29.0 Å². The number of carboxylic acid groups (broad SMARTS) is 1. The van der Waals surface area contributed by atoms with Crippen molar-refractivity contribution in [1.82, 2.24) is 0 Å². The normalized spacial score (nSPS) is 11.3. The molecule has 0 unspecified atom stereocenters. The Balaban J connectivity index is 2.13. The van der Waals surface area contributed by atoms with E-state index < -0.39 is 23.9 Å². The number of hydrogen-bond donors (Lipinski definition) is 2. The van der Waals surface area contributed by atoms with E-state index in [0.717, 1.165) is 0 Å². The Morgan fingerprint density at radius 2 is 1.72 bits per heavy atom. The van der Waals surface area contributed by atoms with Gasteiger partial charge in [0.1, 0.15) is 11.5 Å². The van der Waals surface area contributed by atoms with Crippen molar-refractivity contribution in [2.75, 3.05) is 5.32 Å². The Morgan fingerprint density at radius 1 is 1.04 bits per heavy atom. The second-order valence-corrected chi connectivity index (χ2v) is 5.17. The standard InChI is InChI=1S/C18H17NO6/c1-11(24-13-6-4-3-5-7-13)17(21)19-16-9-8-14(25-12(2)20)10-15(16)18(22)23/h3-11H,1-2H3,(H,19,21)(H,22,23)/t11-/m0/s1. The fraction of sp³-hybridized carbons (Fsp3) is 0.167. The van der Waals surface area contributed by atoms with Crippen molar-refractivity contribution in [3.63, 3.8) is 0 Å². The van der Waals surface area contributed by atoms with E-state index >= 15 is 0 Å². The number of rotatable bonds is 6. The number of para-hydroxylation sites is 1. The van der Waals surface area contributed by atoms with Crippen LogP contribution in [0.3, 0.4) is 0 Å². The lowest BCUT2D eigenvalue weighted by Gasteiger charge is -2.16. The van der Waals surface area contributed by atoms with Gasteiger partial charge in [0.25, 0.3) is 5.91 Å². The molecule has 7 heteroatoms. The van der Waals surface area contributed by atoms with Gasteiger partial charge in [0.2, 0.25) is 0 Å². The van der Waals surface area contributed by atoms with E-state index in [0.29, 0.717) is 5.75 Å². The Hall–Kier alpha value is -3.35. The number of amides is 1. The molecule has 0 saturated carbocycles. The van der Waals surface area contributed by atoms with Gasteiger partial charge in [0, 0.05) is 6.92 Å². The third-order valence-corrected chi connectivity index (χ3v) is 3.17. The van der Waals surface area contributed by atoms with Gasteiger partial charge in [-0.3, -0.25) is 9.59 Å². The van der Waals surface area contributed by atoms with Crippen LogP contribution in [0, 0.1) is 0 Å². The molecule has 2 aromatic rings. The van der Waals surface area contributed by atoms with Gasteiger partial charge in [-0.1, -0.05) is 18.2 Å². The highest BCUT2D eigenvalue weighted by atomic mass is 16.5. The van der Waals surface area contributed by atoms with E-state index in [1.807, 2.05) is 6.07 Å². The molecular weight excluding hydrogens is 326 g/mol. The van der Waals surface area contributed by atoms with Crippen molar-refractivity contribution in [3.8, 4) is 11.5 Å². The van der Waals surface area contributed by atoms with Crippen LogP contribution in [0.4, 0.5) is 5.69 Å². The van der Waals surface area contributed by atoms with Crippen LogP contribution in [-0.2, 0) is 9.59 Å². The third kappa shape index (κ3) is 5.07. The van der Waals surface area contributed by atoms with Crippen LogP contribution in [0.5, 0.6) is 11.5 Å². The van der Waals surface area contributed by atoms with Crippen LogP contribution in [0.2, 0.25) is 0 Å². The fourth-order valence-corrected chi connectivity index (χ4v) is 2.03. The predicted molar refractivity (Wildman–Crippen MR) is 89.9 cm³/mol. The monoisotopic (exact) mass is 343 g/mol. The summed E-state index contributed by atoms with van der Waals surface area (Å²) >= 11 is 0. The van der Waals surface area contributed by atoms with Gasteiger partial charge < -0.3 is 19.9 Å². The van der Waals surface area contributed by atoms with Crippen LogP contribution in [0.1, 0.15) is 24.2 Å². The molecule has 25 heavy (non-hydrogen) atoms. The molecule has 130 valence electrons. The molecule has 0 aliphatic heterocycles. The molecule has 0 spiro atoms. The first-order valence-corrected chi connectivity index (χ1v) is 7.45. The number of aromatic carboxylic acids is 1. The topological polar surface area (TPSA) is 102 Å². The lowest BCUT2D eigenvalue weighted by molar-refractivity contribution is -0.131. The minimum atomic E-state index is -1.26. The Bertz CT molecular complexity index is 787. The predicted octanol–water partition coefficient (Wildman–Crippen LogP) is 2.72. The molecule has 0 aromatic heterocycles. The first kappa shape index (κ1) is 18.0. The summed E-state index contributed by atoms with van der Waals surface area (Å²) < 4.78 is 10.3. The molecule has 2 N–H and O–H groups in total. The van der Waals surface area contributed by atoms with E-state index in [2.05, 4.69) is 5.32 Å². The van der Waals surface area contributed by atoms with E-state index in [9.17, 15) is 19.5 Å². The summed E-state index contributed by atoms with van der Waals surface area (Å²) in [5.74, 6) is -1.74. The van der Waals surface area contributed by atoms with Crippen molar-refractivity contribution in [3.05, 3.63) is 54.1 Å². The van der Waals surface area contributed by atoms with Gasteiger partial charge in [0.05, 0.1) is 11.3 Å². The van der Waals surface area contributed by atoms with Crippen molar-refractivity contribution in [2.24, 2.45) is 0 Å². The van der Waals surface area contributed by atoms with Gasteiger partial charge in [0.15, 0.2) is 6.10 Å². The Kier molecular flexibility index (Phi) is 5.73. The van der Waals surface area contributed by atoms with Gasteiger partial charge in [-0.2, -0.15) is 0 Å². The summed E-state index contributed by atoms with van der Waals surface area (Å²) in [4.78, 5) is 34.6. The molecule has 2 aromatic carbocycles.